The van der Waals surface area contributed by atoms with Crippen molar-refractivity contribution in [2.24, 2.45) is 5.73 Å². The smallest absolute Gasteiger partial charge is 0.223 e. The predicted molar refractivity (Wildman–Crippen MR) is 88.9 cm³/mol. The van der Waals surface area contributed by atoms with Gasteiger partial charge in [-0.25, -0.2) is 0 Å². The van der Waals surface area contributed by atoms with E-state index in [1.165, 1.54) is 5.56 Å². The number of rotatable bonds is 4. The molecule has 1 fully saturated rings. The Balaban J connectivity index is 0.00000220. The van der Waals surface area contributed by atoms with Gasteiger partial charge < -0.3 is 10.6 Å². The monoisotopic (exact) mass is 331 g/mol. The maximum absolute atomic E-state index is 11.8. The molecule has 1 unspecified atom stereocenters. The topological polar surface area (TPSA) is 49.6 Å². The van der Waals surface area contributed by atoms with Crippen molar-refractivity contribution in [3.63, 3.8) is 0 Å². The van der Waals surface area contributed by atoms with Crippen LogP contribution in [0.25, 0.3) is 0 Å². The van der Waals surface area contributed by atoms with Gasteiger partial charge in [-0.2, -0.15) is 0 Å². The van der Waals surface area contributed by atoms with Crippen LogP contribution in [0.1, 0.15) is 24.9 Å². The first-order valence-electron chi connectivity index (χ1n) is 7.09. The summed E-state index contributed by atoms with van der Waals surface area (Å²) in [6, 6.07) is 8.33. The Morgan fingerprint density at radius 3 is 2.33 bits per heavy atom. The van der Waals surface area contributed by atoms with Crippen LogP contribution in [0.5, 0.6) is 0 Å². The zero-order chi connectivity index (χ0) is 14.5. The molecule has 2 rings (SSSR count). The highest BCUT2D eigenvalue weighted by Crippen LogP contribution is 2.23. The fourth-order valence-corrected chi connectivity index (χ4v) is 2.72. The van der Waals surface area contributed by atoms with E-state index in [2.05, 4.69) is 24.0 Å². The van der Waals surface area contributed by atoms with Crippen molar-refractivity contribution < 1.29 is 4.79 Å². The zero-order valence-corrected chi connectivity index (χ0v) is 13.9. The van der Waals surface area contributed by atoms with Crippen molar-refractivity contribution in [2.75, 3.05) is 32.7 Å². The number of nitrogens with two attached hydrogens (primary N) is 1. The summed E-state index contributed by atoms with van der Waals surface area (Å²) in [6.07, 6.45) is 0.451. The lowest BCUT2D eigenvalue weighted by Crippen LogP contribution is -2.49. The molecule has 0 spiro atoms. The van der Waals surface area contributed by atoms with Gasteiger partial charge in [0.25, 0.3) is 0 Å². The molecule has 2 N–H and O–H groups in total. The molecule has 0 bridgehead atoms. The largest absolute Gasteiger partial charge is 0.340 e. The first-order valence-corrected chi connectivity index (χ1v) is 7.47. The summed E-state index contributed by atoms with van der Waals surface area (Å²) in [5.74, 6) is 0.172. The summed E-state index contributed by atoms with van der Waals surface area (Å²) >= 11 is 5.92. The molecule has 0 saturated carbocycles. The lowest BCUT2D eigenvalue weighted by Gasteiger charge is -2.38. The third-order valence-corrected chi connectivity index (χ3v) is 4.18. The van der Waals surface area contributed by atoms with Crippen LogP contribution in [-0.4, -0.2) is 48.4 Å². The molecule has 1 atom stereocenters. The number of hydrogen-bond donors (Lipinski definition) is 1. The van der Waals surface area contributed by atoms with Gasteiger partial charge in [-0.15, -0.1) is 12.4 Å². The quantitative estimate of drug-likeness (QED) is 0.921. The minimum absolute atomic E-state index is 0. The minimum Gasteiger partial charge on any atom is -0.340 e. The average molecular weight is 332 g/mol. The lowest BCUT2D eigenvalue weighted by molar-refractivity contribution is -0.133. The van der Waals surface area contributed by atoms with Gasteiger partial charge in [-0.1, -0.05) is 23.7 Å². The van der Waals surface area contributed by atoms with Crippen molar-refractivity contribution in [2.45, 2.75) is 19.4 Å². The summed E-state index contributed by atoms with van der Waals surface area (Å²) in [4.78, 5) is 16.1. The third-order valence-electron chi connectivity index (χ3n) is 3.93. The molecule has 1 aromatic carbocycles. The highest BCUT2D eigenvalue weighted by molar-refractivity contribution is 6.30. The molecule has 4 nitrogen and oxygen atoms in total. The molecule has 1 aromatic rings. The SMILES string of the molecule is CC(c1ccc(Cl)cc1)N1CCN(C(=O)CCN)CC1.Cl. The standard InChI is InChI=1S/C15H22ClN3O.ClH/c1-12(13-2-4-14(16)5-3-13)18-8-10-19(11-9-18)15(20)6-7-17;/h2-5,12H,6-11,17H2,1H3;1H. The van der Waals surface area contributed by atoms with Gasteiger partial charge in [0, 0.05) is 50.2 Å². The molecular weight excluding hydrogens is 309 g/mol. The van der Waals surface area contributed by atoms with Gasteiger partial charge >= 0.3 is 0 Å². The minimum atomic E-state index is 0. The van der Waals surface area contributed by atoms with Crippen LogP contribution >= 0.6 is 24.0 Å². The molecule has 0 aliphatic carbocycles. The predicted octanol–water partition coefficient (Wildman–Crippen LogP) is 2.32. The number of carbonyl (C=O) groups excluding carboxylic acids is 1. The number of halogens is 2. The first-order chi connectivity index (χ1) is 9.61. The summed E-state index contributed by atoms with van der Waals surface area (Å²) in [5, 5.41) is 0.762. The zero-order valence-electron chi connectivity index (χ0n) is 12.3. The fraction of sp³-hybridized carbons (Fsp3) is 0.533. The molecule has 0 radical (unpaired) electrons. The Labute approximate surface area is 137 Å². The summed E-state index contributed by atoms with van der Waals surface area (Å²) in [6.45, 7) is 6.01. The van der Waals surface area contributed by atoms with Crippen molar-refractivity contribution in [1.29, 1.82) is 0 Å². The van der Waals surface area contributed by atoms with Crippen molar-refractivity contribution in [3.05, 3.63) is 34.9 Å². The highest BCUT2D eigenvalue weighted by Gasteiger charge is 2.24. The van der Waals surface area contributed by atoms with Gasteiger partial charge in [0.15, 0.2) is 0 Å². The van der Waals surface area contributed by atoms with Gasteiger partial charge in [-0.05, 0) is 24.6 Å². The lowest BCUT2D eigenvalue weighted by atomic mass is 10.1. The van der Waals surface area contributed by atoms with Crippen molar-refractivity contribution >= 4 is 29.9 Å². The molecule has 1 amide bonds. The van der Waals surface area contributed by atoms with Crippen molar-refractivity contribution in [3.8, 4) is 0 Å². The van der Waals surface area contributed by atoms with E-state index in [0.717, 1.165) is 31.2 Å². The second-order valence-corrected chi connectivity index (χ2v) is 5.62. The van der Waals surface area contributed by atoms with Crippen LogP contribution in [0, 0.1) is 0 Å². The van der Waals surface area contributed by atoms with Crippen LogP contribution in [-0.2, 0) is 4.79 Å². The average Bonchev–Trinajstić information content (AvgIpc) is 2.48. The van der Waals surface area contributed by atoms with Crippen molar-refractivity contribution in [1.82, 2.24) is 9.80 Å². The number of piperazine rings is 1. The summed E-state index contributed by atoms with van der Waals surface area (Å²) < 4.78 is 0. The molecular formula is C15H23Cl2N3O. The van der Waals surface area contributed by atoms with Gasteiger partial charge in [0.2, 0.25) is 5.91 Å². The Hall–Kier alpha value is -0.810. The molecule has 6 heteroatoms. The van der Waals surface area contributed by atoms with Crippen LogP contribution in [0.2, 0.25) is 5.02 Å². The number of carbonyl (C=O) groups is 1. The number of benzene rings is 1. The third kappa shape index (κ3) is 4.85. The molecule has 1 saturated heterocycles. The van der Waals surface area contributed by atoms with Gasteiger partial charge in [0.05, 0.1) is 0 Å². The normalized spacial score (nSPS) is 17.2. The number of nitrogens with zero attached hydrogens (tertiary/aromatic N) is 2. The first kappa shape index (κ1) is 18.2. The molecule has 118 valence electrons. The molecule has 21 heavy (non-hydrogen) atoms. The highest BCUT2D eigenvalue weighted by atomic mass is 35.5. The maximum atomic E-state index is 11.8. The second kappa shape index (κ2) is 8.59. The molecule has 1 aliphatic heterocycles. The van der Waals surface area contributed by atoms with E-state index in [9.17, 15) is 4.79 Å². The fourth-order valence-electron chi connectivity index (χ4n) is 2.59. The van der Waals surface area contributed by atoms with Gasteiger partial charge in [-0.3, -0.25) is 9.69 Å². The molecule has 1 heterocycles. The Bertz CT molecular complexity index is 445. The van der Waals surface area contributed by atoms with E-state index in [4.69, 9.17) is 17.3 Å². The summed E-state index contributed by atoms with van der Waals surface area (Å²) in [5.41, 5.74) is 6.69. The van der Waals surface area contributed by atoms with Crippen LogP contribution in [0.15, 0.2) is 24.3 Å². The molecule has 0 aromatic heterocycles. The number of amides is 1. The van der Waals surface area contributed by atoms with E-state index >= 15 is 0 Å². The number of hydrogen-bond acceptors (Lipinski definition) is 3. The van der Waals surface area contributed by atoms with Crippen LogP contribution in [0.4, 0.5) is 0 Å². The van der Waals surface area contributed by atoms with E-state index in [1.807, 2.05) is 17.0 Å². The van der Waals surface area contributed by atoms with E-state index in [1.54, 1.807) is 0 Å². The Kier molecular flexibility index (Phi) is 7.46. The Morgan fingerprint density at radius 2 is 1.81 bits per heavy atom. The molecule has 1 aliphatic rings. The van der Waals surface area contributed by atoms with Gasteiger partial charge in [0.1, 0.15) is 0 Å². The van der Waals surface area contributed by atoms with E-state index in [0.29, 0.717) is 19.0 Å². The van der Waals surface area contributed by atoms with E-state index < -0.39 is 0 Å². The second-order valence-electron chi connectivity index (χ2n) is 5.18. The van der Waals surface area contributed by atoms with Crippen LogP contribution in [0.3, 0.4) is 0 Å². The maximum Gasteiger partial charge on any atom is 0.223 e. The van der Waals surface area contributed by atoms with E-state index in [-0.39, 0.29) is 18.3 Å². The summed E-state index contributed by atoms with van der Waals surface area (Å²) in [7, 11) is 0. The Morgan fingerprint density at radius 1 is 1.24 bits per heavy atom. The van der Waals surface area contributed by atoms with Crippen LogP contribution < -0.4 is 5.73 Å².